The summed E-state index contributed by atoms with van der Waals surface area (Å²) in [5.41, 5.74) is 3.22. The molecule has 2 heterocycles. The lowest BCUT2D eigenvalue weighted by Crippen LogP contribution is -2.12. The molecule has 1 aliphatic heterocycles. The predicted molar refractivity (Wildman–Crippen MR) is 100 cm³/mol. The van der Waals surface area contributed by atoms with Crippen molar-refractivity contribution in [1.82, 2.24) is 9.55 Å². The number of aryl methyl sites for hydroxylation is 1. The topological polar surface area (TPSA) is 46.9 Å². The number of rotatable bonds is 3. The van der Waals surface area contributed by atoms with Crippen molar-refractivity contribution in [2.24, 2.45) is 0 Å². The first kappa shape index (κ1) is 15.5. The highest BCUT2D eigenvalue weighted by Gasteiger charge is 2.17. The molecule has 1 N–H and O–H groups in total. The molecule has 1 aliphatic rings. The van der Waals surface area contributed by atoms with Crippen LogP contribution in [0.4, 0.5) is 5.69 Å². The van der Waals surface area contributed by atoms with E-state index in [0.717, 1.165) is 38.9 Å². The smallest absolute Gasteiger partial charge is 0.255 e. The monoisotopic (exact) mass is 399 g/mol. The minimum atomic E-state index is -0.129. The van der Waals surface area contributed by atoms with E-state index in [4.69, 9.17) is 0 Å². The number of amides is 1. The Morgan fingerprint density at radius 3 is 2.75 bits per heavy atom. The third kappa shape index (κ3) is 2.99. The van der Waals surface area contributed by atoms with Crippen LogP contribution in [-0.2, 0) is 6.54 Å². The second kappa shape index (κ2) is 6.45. The first-order chi connectivity index (χ1) is 11.7. The van der Waals surface area contributed by atoms with Gasteiger partial charge in [0, 0.05) is 34.1 Å². The zero-order valence-electron chi connectivity index (χ0n) is 12.7. The maximum Gasteiger partial charge on any atom is 0.255 e. The number of carbonyl (C=O) groups excluding carboxylic acids is 1. The van der Waals surface area contributed by atoms with Gasteiger partial charge in [-0.1, -0.05) is 45.9 Å². The largest absolute Gasteiger partial charge is 0.325 e. The third-order valence-corrected chi connectivity index (χ3v) is 5.36. The molecule has 1 amide bonds. The summed E-state index contributed by atoms with van der Waals surface area (Å²) in [6.07, 6.45) is 2.06. The van der Waals surface area contributed by atoms with E-state index in [9.17, 15) is 4.79 Å². The van der Waals surface area contributed by atoms with Gasteiger partial charge in [-0.2, -0.15) is 0 Å². The minimum absolute atomic E-state index is 0.129. The number of nitrogens with one attached hydrogen (secondary N) is 1. The van der Waals surface area contributed by atoms with Crippen LogP contribution in [-0.4, -0.2) is 21.2 Å². The first-order valence-corrected chi connectivity index (χ1v) is 9.35. The number of aromatic nitrogens is 2. The number of anilines is 1. The highest BCUT2D eigenvalue weighted by molar-refractivity contribution is 9.10. The summed E-state index contributed by atoms with van der Waals surface area (Å²) in [4.78, 5) is 17.2. The second-order valence-electron chi connectivity index (χ2n) is 5.46. The zero-order chi connectivity index (χ0) is 16.5. The highest BCUT2D eigenvalue weighted by atomic mass is 79.9. The van der Waals surface area contributed by atoms with E-state index >= 15 is 0 Å². The second-order valence-corrected chi connectivity index (χ2v) is 7.43. The van der Waals surface area contributed by atoms with Gasteiger partial charge in [0.2, 0.25) is 0 Å². The van der Waals surface area contributed by atoms with E-state index in [1.54, 1.807) is 23.9 Å². The number of imidazole rings is 1. The van der Waals surface area contributed by atoms with Gasteiger partial charge in [-0.3, -0.25) is 4.79 Å². The number of nitrogens with zero attached hydrogens (tertiary/aromatic N) is 2. The van der Waals surface area contributed by atoms with Gasteiger partial charge in [-0.05, 0) is 30.3 Å². The Morgan fingerprint density at radius 1 is 1.17 bits per heavy atom. The van der Waals surface area contributed by atoms with Gasteiger partial charge in [-0.25, -0.2) is 4.98 Å². The summed E-state index contributed by atoms with van der Waals surface area (Å²) in [7, 11) is 0. The molecule has 0 bridgehead atoms. The fourth-order valence-corrected chi connectivity index (χ4v) is 3.86. The van der Waals surface area contributed by atoms with E-state index < -0.39 is 0 Å². The summed E-state index contributed by atoms with van der Waals surface area (Å²) in [5.74, 6) is 0.945. The van der Waals surface area contributed by atoms with Gasteiger partial charge in [0.1, 0.15) is 0 Å². The molecule has 1 aromatic heterocycles. The molecule has 0 fully saturated rings. The summed E-state index contributed by atoms with van der Waals surface area (Å²) in [6.45, 7) is 0.987. The van der Waals surface area contributed by atoms with Crippen molar-refractivity contribution < 1.29 is 4.79 Å². The Balaban J connectivity index is 1.64. The molecule has 0 saturated carbocycles. The van der Waals surface area contributed by atoms with Gasteiger partial charge in [0.05, 0.1) is 11.4 Å². The van der Waals surface area contributed by atoms with Gasteiger partial charge < -0.3 is 9.88 Å². The van der Waals surface area contributed by atoms with E-state index in [2.05, 4.69) is 37.0 Å². The Bertz CT molecular complexity index is 883. The lowest BCUT2D eigenvalue weighted by Gasteiger charge is -2.10. The first-order valence-electron chi connectivity index (χ1n) is 7.57. The van der Waals surface area contributed by atoms with Crippen LogP contribution in [0.2, 0.25) is 0 Å². The van der Waals surface area contributed by atoms with Crippen LogP contribution < -0.4 is 5.32 Å². The van der Waals surface area contributed by atoms with E-state index in [1.807, 2.05) is 36.4 Å². The molecule has 0 spiro atoms. The number of carbonyl (C=O) groups is 1. The number of hydrogen-bond donors (Lipinski definition) is 1. The summed E-state index contributed by atoms with van der Waals surface area (Å²) < 4.78 is 3.11. The predicted octanol–water partition coefficient (Wildman–Crippen LogP) is 4.67. The van der Waals surface area contributed by atoms with Crippen molar-refractivity contribution in [3.8, 4) is 11.3 Å². The van der Waals surface area contributed by atoms with Gasteiger partial charge in [0.15, 0.2) is 5.16 Å². The van der Waals surface area contributed by atoms with Gasteiger partial charge >= 0.3 is 0 Å². The van der Waals surface area contributed by atoms with Crippen LogP contribution in [0.15, 0.2) is 64.4 Å². The lowest BCUT2D eigenvalue weighted by molar-refractivity contribution is 0.102. The molecule has 0 atom stereocenters. The molecular formula is C18H14BrN3OS. The van der Waals surface area contributed by atoms with E-state index in [-0.39, 0.29) is 5.91 Å². The highest BCUT2D eigenvalue weighted by Crippen LogP contribution is 2.32. The number of fused-ring (bicyclic) bond motifs is 1. The Hall–Kier alpha value is -2.05. The maximum atomic E-state index is 12.5. The molecule has 6 heteroatoms. The fraction of sp³-hybridized carbons (Fsp3) is 0.111. The number of thioether (sulfide) groups is 1. The molecular weight excluding hydrogens is 386 g/mol. The molecule has 0 aliphatic carbocycles. The minimum Gasteiger partial charge on any atom is -0.325 e. The quantitative estimate of drug-likeness (QED) is 0.695. The maximum absolute atomic E-state index is 12.5. The molecule has 0 saturated heterocycles. The molecule has 4 nitrogen and oxygen atoms in total. The summed E-state index contributed by atoms with van der Waals surface area (Å²) in [5, 5.41) is 4.04. The van der Waals surface area contributed by atoms with Crippen molar-refractivity contribution in [2.45, 2.75) is 11.7 Å². The molecule has 4 rings (SSSR count). The Morgan fingerprint density at radius 2 is 1.96 bits per heavy atom. The van der Waals surface area contributed by atoms with Crippen LogP contribution in [0.5, 0.6) is 0 Å². The third-order valence-electron chi connectivity index (χ3n) is 3.86. The van der Waals surface area contributed by atoms with E-state index in [0.29, 0.717) is 5.56 Å². The van der Waals surface area contributed by atoms with Crippen LogP contribution >= 0.6 is 27.7 Å². The zero-order valence-corrected chi connectivity index (χ0v) is 15.1. The number of para-hydroxylation sites is 1. The van der Waals surface area contributed by atoms with E-state index in [1.165, 1.54) is 0 Å². The summed E-state index contributed by atoms with van der Waals surface area (Å²) >= 11 is 5.14. The molecule has 120 valence electrons. The van der Waals surface area contributed by atoms with Crippen molar-refractivity contribution in [2.75, 3.05) is 11.1 Å². The summed E-state index contributed by atoms with van der Waals surface area (Å²) in [6, 6.07) is 15.1. The fourth-order valence-electron chi connectivity index (χ4n) is 2.65. The van der Waals surface area contributed by atoms with Crippen LogP contribution in [0.1, 0.15) is 10.4 Å². The van der Waals surface area contributed by atoms with Crippen LogP contribution in [0, 0.1) is 0 Å². The van der Waals surface area contributed by atoms with Crippen molar-refractivity contribution in [1.29, 1.82) is 0 Å². The van der Waals surface area contributed by atoms with Crippen molar-refractivity contribution >= 4 is 39.3 Å². The molecule has 3 aromatic rings. The average Bonchev–Trinajstić information content (AvgIpc) is 3.17. The standard InChI is InChI=1S/C18H14BrN3OS/c19-13-7-5-12(6-8-13)17(23)20-15-4-2-1-3-14(15)16-11-22-9-10-24-18(22)21-16/h1-8,11H,9-10H2,(H,20,23). The lowest BCUT2D eigenvalue weighted by atomic mass is 10.1. The molecule has 0 unspecified atom stereocenters. The SMILES string of the molecule is O=C(Nc1ccccc1-c1cn2c(n1)SCC2)c1ccc(Br)cc1. The molecule has 2 aromatic carbocycles. The molecule has 24 heavy (non-hydrogen) atoms. The number of halogens is 1. The average molecular weight is 400 g/mol. The van der Waals surface area contributed by atoms with Crippen LogP contribution in [0.3, 0.4) is 0 Å². The van der Waals surface area contributed by atoms with Crippen molar-refractivity contribution in [3.05, 3.63) is 64.8 Å². The van der Waals surface area contributed by atoms with Crippen LogP contribution in [0.25, 0.3) is 11.3 Å². The Kier molecular flexibility index (Phi) is 4.16. The van der Waals surface area contributed by atoms with Gasteiger partial charge in [0.25, 0.3) is 5.91 Å². The Labute approximate surface area is 152 Å². The number of benzene rings is 2. The number of hydrogen-bond acceptors (Lipinski definition) is 3. The normalized spacial score (nSPS) is 12.9. The molecule has 0 radical (unpaired) electrons. The van der Waals surface area contributed by atoms with Crippen molar-refractivity contribution in [3.63, 3.8) is 0 Å². The van der Waals surface area contributed by atoms with Gasteiger partial charge in [-0.15, -0.1) is 0 Å².